The Morgan fingerprint density at radius 2 is 1.81 bits per heavy atom. The molecular weight excluding hydrogens is 280 g/mol. The first-order chi connectivity index (χ1) is 9.93. The summed E-state index contributed by atoms with van der Waals surface area (Å²) in [7, 11) is 0. The number of unbranched alkanes of at least 4 members (excludes halogenated alkanes) is 1. The van der Waals surface area contributed by atoms with Crippen LogP contribution in [0.1, 0.15) is 38.5 Å². The maximum atomic E-state index is 11.9. The minimum absolute atomic E-state index is 0.0109. The van der Waals surface area contributed by atoms with Crippen LogP contribution in [0.2, 0.25) is 0 Å². The molecule has 1 aliphatic heterocycles. The van der Waals surface area contributed by atoms with Crippen LogP contribution in [0.15, 0.2) is 0 Å². The maximum Gasteiger partial charge on any atom is 0.326 e. The van der Waals surface area contributed by atoms with Crippen LogP contribution in [0.25, 0.3) is 0 Å². The van der Waals surface area contributed by atoms with E-state index in [-0.39, 0.29) is 19.5 Å². The number of rotatable bonds is 6. The highest BCUT2D eigenvalue weighted by atomic mass is 16.4. The van der Waals surface area contributed by atoms with Crippen LogP contribution >= 0.6 is 0 Å². The zero-order valence-corrected chi connectivity index (χ0v) is 11.7. The average molecular weight is 300 g/mol. The van der Waals surface area contributed by atoms with Crippen molar-refractivity contribution in [1.82, 2.24) is 10.2 Å². The van der Waals surface area contributed by atoms with Gasteiger partial charge in [-0.25, -0.2) is 4.79 Å². The highest BCUT2D eigenvalue weighted by Gasteiger charge is 2.34. The molecule has 0 bridgehead atoms. The number of carbonyl (C=O) groups excluding carboxylic acids is 2. The van der Waals surface area contributed by atoms with Crippen molar-refractivity contribution in [3.63, 3.8) is 0 Å². The lowest BCUT2D eigenvalue weighted by Gasteiger charge is -2.32. The van der Waals surface area contributed by atoms with Gasteiger partial charge in [-0.05, 0) is 32.1 Å². The molecule has 0 spiro atoms. The summed E-state index contributed by atoms with van der Waals surface area (Å²) in [4.78, 5) is 46.1. The summed E-state index contributed by atoms with van der Waals surface area (Å²) in [6.45, 7) is 0.464. The Labute approximate surface area is 122 Å². The van der Waals surface area contributed by atoms with E-state index in [0.29, 0.717) is 25.7 Å². The second kappa shape index (κ2) is 8.23. The summed E-state index contributed by atoms with van der Waals surface area (Å²) in [5, 5.41) is 19.9. The van der Waals surface area contributed by atoms with Gasteiger partial charge in [-0.1, -0.05) is 0 Å². The smallest absolute Gasteiger partial charge is 0.326 e. The summed E-state index contributed by atoms with van der Waals surface area (Å²) in [6, 6.07) is -0.941. The van der Waals surface area contributed by atoms with Crippen LogP contribution in [0.3, 0.4) is 0 Å². The average Bonchev–Trinajstić information content (AvgIpc) is 2.45. The van der Waals surface area contributed by atoms with Crippen molar-refractivity contribution in [2.75, 3.05) is 13.1 Å². The van der Waals surface area contributed by atoms with Crippen LogP contribution in [-0.4, -0.2) is 58.0 Å². The molecule has 1 atom stereocenters. The SMILES string of the molecule is O=C(O)CCCCNC(=O)C(=O)N1CCCC[C@@H]1C(=O)O. The van der Waals surface area contributed by atoms with Crippen molar-refractivity contribution in [2.45, 2.75) is 44.6 Å². The van der Waals surface area contributed by atoms with E-state index < -0.39 is 29.8 Å². The number of nitrogens with one attached hydrogen (secondary N) is 1. The van der Waals surface area contributed by atoms with Crippen molar-refractivity contribution >= 4 is 23.8 Å². The number of carboxylic acid groups (broad SMARTS) is 2. The molecule has 1 heterocycles. The van der Waals surface area contributed by atoms with Crippen molar-refractivity contribution < 1.29 is 29.4 Å². The zero-order chi connectivity index (χ0) is 15.8. The molecule has 0 aromatic carbocycles. The first-order valence-electron chi connectivity index (χ1n) is 6.97. The number of amides is 2. The Bertz CT molecular complexity index is 423. The number of nitrogens with zero attached hydrogens (tertiary/aromatic N) is 1. The van der Waals surface area contributed by atoms with E-state index in [1.807, 2.05) is 0 Å². The Morgan fingerprint density at radius 1 is 1.10 bits per heavy atom. The second-order valence-electron chi connectivity index (χ2n) is 4.96. The topological polar surface area (TPSA) is 124 Å². The molecule has 8 heteroatoms. The monoisotopic (exact) mass is 300 g/mol. The number of carbonyl (C=O) groups is 4. The molecule has 0 aliphatic carbocycles. The molecule has 3 N–H and O–H groups in total. The number of likely N-dealkylation sites (tertiary alicyclic amines) is 1. The molecule has 0 unspecified atom stereocenters. The standard InChI is InChI=1S/C13H20N2O6/c16-10(17)6-1-3-7-14-11(18)12(19)15-8-4-2-5-9(15)13(20)21/h9H,1-8H2,(H,14,18)(H,16,17)(H,20,21)/t9-/m1/s1. The Hall–Kier alpha value is -2.12. The normalized spacial score (nSPS) is 18.1. The number of hydrogen-bond donors (Lipinski definition) is 3. The Morgan fingerprint density at radius 3 is 2.43 bits per heavy atom. The van der Waals surface area contributed by atoms with Crippen LogP contribution in [0, 0.1) is 0 Å². The van der Waals surface area contributed by atoms with Gasteiger partial charge in [-0.3, -0.25) is 14.4 Å². The third-order valence-electron chi connectivity index (χ3n) is 3.35. The van der Waals surface area contributed by atoms with E-state index in [2.05, 4.69) is 5.32 Å². The van der Waals surface area contributed by atoms with Crippen molar-refractivity contribution in [2.24, 2.45) is 0 Å². The molecule has 0 aromatic heterocycles. The lowest BCUT2D eigenvalue weighted by Crippen LogP contribution is -2.52. The van der Waals surface area contributed by atoms with Gasteiger partial charge >= 0.3 is 23.8 Å². The molecule has 118 valence electrons. The van der Waals surface area contributed by atoms with E-state index >= 15 is 0 Å². The Balaban J connectivity index is 2.40. The summed E-state index contributed by atoms with van der Waals surface area (Å²) in [5.74, 6) is -3.67. The third-order valence-corrected chi connectivity index (χ3v) is 3.35. The van der Waals surface area contributed by atoms with Gasteiger partial charge < -0.3 is 20.4 Å². The van der Waals surface area contributed by atoms with E-state index in [9.17, 15) is 19.2 Å². The first-order valence-corrected chi connectivity index (χ1v) is 6.97. The molecule has 8 nitrogen and oxygen atoms in total. The lowest BCUT2D eigenvalue weighted by molar-refractivity contribution is -0.156. The van der Waals surface area contributed by atoms with Gasteiger partial charge in [0.25, 0.3) is 0 Å². The van der Waals surface area contributed by atoms with Crippen molar-refractivity contribution in [1.29, 1.82) is 0 Å². The summed E-state index contributed by atoms with van der Waals surface area (Å²) < 4.78 is 0. The molecule has 0 saturated carbocycles. The molecule has 0 aromatic rings. The predicted octanol–water partition coefficient (Wildman–Crippen LogP) is -0.177. The molecule has 0 radical (unpaired) electrons. The van der Waals surface area contributed by atoms with Gasteiger partial charge in [0.05, 0.1) is 0 Å². The summed E-state index contributed by atoms with van der Waals surface area (Å²) in [5.41, 5.74) is 0. The van der Waals surface area contributed by atoms with E-state index in [1.165, 1.54) is 0 Å². The fourth-order valence-electron chi connectivity index (χ4n) is 2.24. The quantitative estimate of drug-likeness (QED) is 0.462. The van der Waals surface area contributed by atoms with Crippen LogP contribution < -0.4 is 5.32 Å². The minimum Gasteiger partial charge on any atom is -0.481 e. The van der Waals surface area contributed by atoms with Crippen LogP contribution in [0.5, 0.6) is 0 Å². The third kappa shape index (κ3) is 5.41. The number of piperidine rings is 1. The van der Waals surface area contributed by atoms with Crippen molar-refractivity contribution in [3.05, 3.63) is 0 Å². The van der Waals surface area contributed by atoms with Gasteiger partial charge in [-0.15, -0.1) is 0 Å². The minimum atomic E-state index is -1.10. The van der Waals surface area contributed by atoms with Crippen LogP contribution in [0.4, 0.5) is 0 Å². The molecule has 2 amide bonds. The van der Waals surface area contributed by atoms with Crippen molar-refractivity contribution in [3.8, 4) is 0 Å². The predicted molar refractivity (Wildman–Crippen MR) is 71.5 cm³/mol. The highest BCUT2D eigenvalue weighted by Crippen LogP contribution is 2.17. The van der Waals surface area contributed by atoms with Crippen LogP contribution in [-0.2, 0) is 19.2 Å². The number of aliphatic carboxylic acids is 2. The number of carboxylic acids is 2. The Kier molecular flexibility index (Phi) is 6.64. The molecular formula is C13H20N2O6. The largest absolute Gasteiger partial charge is 0.481 e. The van der Waals surface area contributed by atoms with Gasteiger partial charge in [0.1, 0.15) is 6.04 Å². The molecule has 1 aliphatic rings. The zero-order valence-electron chi connectivity index (χ0n) is 11.7. The maximum absolute atomic E-state index is 11.9. The summed E-state index contributed by atoms with van der Waals surface area (Å²) >= 11 is 0. The first kappa shape index (κ1) is 16.9. The molecule has 1 fully saturated rings. The molecule has 1 saturated heterocycles. The molecule has 1 rings (SSSR count). The summed E-state index contributed by atoms with van der Waals surface area (Å²) in [6.07, 6.45) is 2.63. The lowest BCUT2D eigenvalue weighted by atomic mass is 10.0. The second-order valence-corrected chi connectivity index (χ2v) is 4.96. The highest BCUT2D eigenvalue weighted by molar-refractivity contribution is 6.35. The van der Waals surface area contributed by atoms with E-state index in [4.69, 9.17) is 10.2 Å². The van der Waals surface area contributed by atoms with Gasteiger partial charge in [0.2, 0.25) is 0 Å². The van der Waals surface area contributed by atoms with Gasteiger partial charge in [0, 0.05) is 19.5 Å². The van der Waals surface area contributed by atoms with E-state index in [0.717, 1.165) is 11.3 Å². The van der Waals surface area contributed by atoms with Gasteiger partial charge in [0.15, 0.2) is 0 Å². The number of hydrogen-bond acceptors (Lipinski definition) is 4. The van der Waals surface area contributed by atoms with Gasteiger partial charge in [-0.2, -0.15) is 0 Å². The molecule has 21 heavy (non-hydrogen) atoms. The fraction of sp³-hybridized carbons (Fsp3) is 0.692. The van der Waals surface area contributed by atoms with E-state index in [1.54, 1.807) is 0 Å². The fourth-order valence-corrected chi connectivity index (χ4v) is 2.24.